The molecule has 0 N–H and O–H groups in total. The molecule has 2 rings (SSSR count). The molecule has 6 nitrogen and oxygen atoms in total. The summed E-state index contributed by atoms with van der Waals surface area (Å²) in [4.78, 5) is 32.0. The van der Waals surface area contributed by atoms with Gasteiger partial charge in [0, 0.05) is 37.4 Å². The predicted molar refractivity (Wildman–Crippen MR) is 87.6 cm³/mol. The Morgan fingerprint density at radius 1 is 1.35 bits per heavy atom. The maximum Gasteiger partial charge on any atom is 0.410 e. The smallest absolute Gasteiger partial charge is 0.410 e. The maximum absolute atomic E-state index is 12.6. The molecule has 7 heteroatoms. The van der Waals surface area contributed by atoms with Crippen molar-refractivity contribution in [2.24, 2.45) is 0 Å². The van der Waals surface area contributed by atoms with Gasteiger partial charge in [-0.1, -0.05) is 11.6 Å². The van der Waals surface area contributed by atoms with Gasteiger partial charge in [-0.15, -0.1) is 0 Å². The van der Waals surface area contributed by atoms with E-state index in [1.807, 2.05) is 27.7 Å². The van der Waals surface area contributed by atoms with Crippen LogP contribution in [-0.2, 0) is 4.74 Å². The summed E-state index contributed by atoms with van der Waals surface area (Å²) in [7, 11) is 0. The molecule has 126 valence electrons. The van der Waals surface area contributed by atoms with Crippen LogP contribution in [-0.4, -0.2) is 58.1 Å². The van der Waals surface area contributed by atoms with Crippen LogP contribution in [0.3, 0.4) is 0 Å². The van der Waals surface area contributed by atoms with Crippen molar-refractivity contribution in [3.63, 3.8) is 0 Å². The lowest BCUT2D eigenvalue weighted by molar-refractivity contribution is 0.00617. The molecular formula is C16H22ClN3O3. The third kappa shape index (κ3) is 4.58. The molecular weight excluding hydrogens is 318 g/mol. The highest BCUT2D eigenvalue weighted by molar-refractivity contribution is 6.29. The Bertz CT molecular complexity index is 600. The van der Waals surface area contributed by atoms with Crippen molar-refractivity contribution in [2.75, 3.05) is 19.6 Å². The first-order chi connectivity index (χ1) is 10.7. The minimum absolute atomic E-state index is 0.101. The molecule has 2 heterocycles. The van der Waals surface area contributed by atoms with E-state index in [4.69, 9.17) is 16.3 Å². The van der Waals surface area contributed by atoms with Crippen LogP contribution < -0.4 is 0 Å². The quantitative estimate of drug-likeness (QED) is 0.738. The van der Waals surface area contributed by atoms with Crippen LogP contribution in [0.15, 0.2) is 18.3 Å². The highest BCUT2D eigenvalue weighted by Gasteiger charge is 2.32. The van der Waals surface area contributed by atoms with E-state index in [0.29, 0.717) is 25.2 Å². The van der Waals surface area contributed by atoms with E-state index in [-0.39, 0.29) is 23.2 Å². The van der Waals surface area contributed by atoms with Gasteiger partial charge in [0.15, 0.2) is 0 Å². The number of hydrogen-bond acceptors (Lipinski definition) is 4. The van der Waals surface area contributed by atoms with E-state index in [0.717, 1.165) is 0 Å². The van der Waals surface area contributed by atoms with Gasteiger partial charge in [0.1, 0.15) is 10.8 Å². The average molecular weight is 340 g/mol. The van der Waals surface area contributed by atoms with Gasteiger partial charge in [0.2, 0.25) is 0 Å². The summed E-state index contributed by atoms with van der Waals surface area (Å²) in [6, 6.07) is 3.09. The summed E-state index contributed by atoms with van der Waals surface area (Å²) in [6.07, 6.45) is 1.17. The predicted octanol–water partition coefficient (Wildman–Crippen LogP) is 2.82. The highest BCUT2D eigenvalue weighted by Crippen LogP contribution is 2.18. The minimum atomic E-state index is -0.527. The lowest BCUT2D eigenvalue weighted by atomic mass is 10.1. The van der Waals surface area contributed by atoms with Gasteiger partial charge >= 0.3 is 6.09 Å². The van der Waals surface area contributed by atoms with Gasteiger partial charge in [-0.2, -0.15) is 0 Å². The largest absolute Gasteiger partial charge is 0.444 e. The van der Waals surface area contributed by atoms with Crippen molar-refractivity contribution in [2.45, 2.75) is 39.3 Å². The van der Waals surface area contributed by atoms with E-state index in [1.165, 1.54) is 6.20 Å². The van der Waals surface area contributed by atoms with Crippen LogP contribution in [0.1, 0.15) is 38.1 Å². The van der Waals surface area contributed by atoms with Gasteiger partial charge in [0.05, 0.1) is 0 Å². The number of amides is 2. The summed E-state index contributed by atoms with van der Waals surface area (Å²) >= 11 is 5.84. The summed E-state index contributed by atoms with van der Waals surface area (Å²) in [5, 5.41) is 0.288. The number of nitrogens with zero attached hydrogens (tertiary/aromatic N) is 3. The number of carbonyl (C=O) groups is 2. The molecule has 0 aromatic carbocycles. The molecule has 0 bridgehead atoms. The molecule has 0 spiro atoms. The van der Waals surface area contributed by atoms with Crippen LogP contribution >= 0.6 is 11.6 Å². The zero-order valence-corrected chi connectivity index (χ0v) is 14.6. The number of carbonyl (C=O) groups excluding carboxylic acids is 2. The number of hydrogen-bond donors (Lipinski definition) is 0. The van der Waals surface area contributed by atoms with Crippen molar-refractivity contribution in [1.29, 1.82) is 0 Å². The van der Waals surface area contributed by atoms with Crippen LogP contribution in [0.4, 0.5) is 4.79 Å². The maximum atomic E-state index is 12.6. The van der Waals surface area contributed by atoms with Crippen LogP contribution in [0.5, 0.6) is 0 Å². The van der Waals surface area contributed by atoms with Gasteiger partial charge in [-0.05, 0) is 39.8 Å². The average Bonchev–Trinajstić information content (AvgIpc) is 2.44. The molecule has 1 fully saturated rings. The Hall–Kier alpha value is -1.82. The first-order valence-corrected chi connectivity index (χ1v) is 7.95. The third-order valence-electron chi connectivity index (χ3n) is 3.51. The van der Waals surface area contributed by atoms with Crippen molar-refractivity contribution >= 4 is 23.6 Å². The lowest BCUT2D eigenvalue weighted by Crippen LogP contribution is -2.56. The summed E-state index contributed by atoms with van der Waals surface area (Å²) in [5.41, 5.74) is -0.0243. The SMILES string of the molecule is C[C@@H]1CN(C(=O)OC(C)(C)C)CCN1C(=O)c1ccnc(Cl)c1. The fraction of sp³-hybridized carbons (Fsp3) is 0.562. The monoisotopic (exact) mass is 339 g/mol. The lowest BCUT2D eigenvalue weighted by Gasteiger charge is -2.40. The Morgan fingerprint density at radius 3 is 2.61 bits per heavy atom. The van der Waals surface area contributed by atoms with Gasteiger partial charge in [-0.3, -0.25) is 4.79 Å². The van der Waals surface area contributed by atoms with E-state index in [1.54, 1.807) is 21.9 Å². The Kier molecular flexibility index (Phi) is 5.14. The molecule has 1 atom stereocenters. The molecule has 1 saturated heterocycles. The first kappa shape index (κ1) is 17.5. The number of piperazine rings is 1. The standard InChI is InChI=1S/C16H22ClN3O3/c1-11-10-19(15(22)23-16(2,3)4)7-8-20(11)14(21)12-5-6-18-13(17)9-12/h5-6,9,11H,7-8,10H2,1-4H3/t11-/m1/s1. The number of halogens is 1. The Morgan fingerprint density at radius 2 is 2.04 bits per heavy atom. The topological polar surface area (TPSA) is 62.7 Å². The van der Waals surface area contributed by atoms with Crippen LogP contribution in [0.2, 0.25) is 5.15 Å². The van der Waals surface area contributed by atoms with Crippen molar-refractivity contribution < 1.29 is 14.3 Å². The van der Waals surface area contributed by atoms with Gasteiger partial charge in [0.25, 0.3) is 5.91 Å². The zero-order chi connectivity index (χ0) is 17.2. The second-order valence-corrected chi connectivity index (χ2v) is 7.03. The van der Waals surface area contributed by atoms with Crippen LogP contribution in [0, 0.1) is 0 Å². The number of aromatic nitrogens is 1. The van der Waals surface area contributed by atoms with E-state index in [2.05, 4.69) is 4.98 Å². The van der Waals surface area contributed by atoms with E-state index >= 15 is 0 Å². The zero-order valence-electron chi connectivity index (χ0n) is 13.9. The molecule has 2 amide bonds. The normalized spacial score (nSPS) is 18.7. The summed E-state index contributed by atoms with van der Waals surface area (Å²) in [6.45, 7) is 8.77. The molecule has 1 aromatic rings. The van der Waals surface area contributed by atoms with Crippen molar-refractivity contribution in [1.82, 2.24) is 14.8 Å². The fourth-order valence-corrected chi connectivity index (χ4v) is 2.63. The highest BCUT2D eigenvalue weighted by atomic mass is 35.5. The minimum Gasteiger partial charge on any atom is -0.444 e. The van der Waals surface area contributed by atoms with Crippen LogP contribution in [0.25, 0.3) is 0 Å². The second-order valence-electron chi connectivity index (χ2n) is 6.64. The molecule has 1 aromatic heterocycles. The molecule has 0 aliphatic carbocycles. The first-order valence-electron chi connectivity index (χ1n) is 7.58. The summed E-state index contributed by atoms with van der Waals surface area (Å²) < 4.78 is 5.38. The third-order valence-corrected chi connectivity index (χ3v) is 3.72. The Labute approximate surface area is 141 Å². The molecule has 0 radical (unpaired) electrons. The molecule has 0 saturated carbocycles. The van der Waals surface area contributed by atoms with Crippen molar-refractivity contribution in [3.8, 4) is 0 Å². The van der Waals surface area contributed by atoms with E-state index < -0.39 is 5.60 Å². The number of rotatable bonds is 1. The summed E-state index contributed by atoms with van der Waals surface area (Å²) in [5.74, 6) is -0.106. The molecule has 1 aliphatic heterocycles. The van der Waals surface area contributed by atoms with Gasteiger partial charge in [-0.25, -0.2) is 9.78 Å². The molecule has 23 heavy (non-hydrogen) atoms. The Balaban J connectivity index is 2.01. The van der Waals surface area contributed by atoms with E-state index in [9.17, 15) is 9.59 Å². The van der Waals surface area contributed by atoms with Gasteiger partial charge < -0.3 is 14.5 Å². The second kappa shape index (κ2) is 6.74. The fourth-order valence-electron chi connectivity index (χ4n) is 2.45. The molecule has 1 aliphatic rings. The molecule has 0 unspecified atom stereocenters. The van der Waals surface area contributed by atoms with Crippen molar-refractivity contribution in [3.05, 3.63) is 29.0 Å². The number of pyridine rings is 1. The number of ether oxygens (including phenoxy) is 1.